The molecule has 5 aliphatic carbocycles. The highest BCUT2D eigenvalue weighted by molar-refractivity contribution is 5.91. The SMILES string of the molecule is CC1(C)CC[C@]2(C(=O)O)CC[C@]3(C)C(=CC[C@@H]4[C@@]5(C)C[C@@H](O)[C@H](O)[C@@](C)(COC(=O)c6cc(O)c(O)c(O)c6)C5[C@H](O)C[C@]43C)C2C1. The van der Waals surface area contributed by atoms with Gasteiger partial charge in [-0.15, -0.1) is 0 Å². The number of ether oxygens (including phenoxy) is 1. The average molecular weight is 657 g/mol. The second kappa shape index (κ2) is 10.6. The Labute approximate surface area is 276 Å². The van der Waals surface area contributed by atoms with Crippen LogP contribution in [0.15, 0.2) is 23.8 Å². The van der Waals surface area contributed by atoms with Gasteiger partial charge in [-0.25, -0.2) is 4.79 Å². The second-order valence-corrected chi connectivity index (χ2v) is 17.5. The van der Waals surface area contributed by atoms with Gasteiger partial charge in [-0.1, -0.05) is 53.2 Å². The van der Waals surface area contributed by atoms with Crippen molar-refractivity contribution >= 4 is 11.9 Å². The Kier molecular flexibility index (Phi) is 7.67. The van der Waals surface area contributed by atoms with Crippen molar-refractivity contribution < 1.29 is 50.1 Å². The van der Waals surface area contributed by atoms with Gasteiger partial charge in [0.1, 0.15) is 0 Å². The summed E-state index contributed by atoms with van der Waals surface area (Å²) in [7, 11) is 0. The number of aromatic hydroxyl groups is 3. The maximum absolute atomic E-state index is 13.1. The van der Waals surface area contributed by atoms with Crippen molar-refractivity contribution in [3.8, 4) is 17.2 Å². The summed E-state index contributed by atoms with van der Waals surface area (Å²) in [5.74, 6) is -4.43. The van der Waals surface area contributed by atoms with Crippen molar-refractivity contribution in [2.45, 2.75) is 111 Å². The number of aliphatic hydroxyl groups excluding tert-OH is 3. The number of fused-ring (bicyclic) bond motifs is 7. The van der Waals surface area contributed by atoms with Gasteiger partial charge in [-0.3, -0.25) is 4.79 Å². The summed E-state index contributed by atoms with van der Waals surface area (Å²) in [6.07, 6.45) is 3.80. The van der Waals surface area contributed by atoms with Crippen LogP contribution >= 0.6 is 0 Å². The lowest BCUT2D eigenvalue weighted by molar-refractivity contribution is -0.273. The molecule has 0 aliphatic heterocycles. The van der Waals surface area contributed by atoms with Gasteiger partial charge in [0.05, 0.1) is 35.9 Å². The topological polar surface area (TPSA) is 185 Å². The number of benzene rings is 1. The molecule has 5 aliphatic rings. The molecule has 4 fully saturated rings. The van der Waals surface area contributed by atoms with Gasteiger partial charge in [0.2, 0.25) is 0 Å². The van der Waals surface area contributed by atoms with Crippen molar-refractivity contribution in [2.75, 3.05) is 6.61 Å². The number of hydrogen-bond acceptors (Lipinski definition) is 9. The second-order valence-electron chi connectivity index (χ2n) is 17.5. The molecule has 6 rings (SSSR count). The molecule has 0 bridgehead atoms. The van der Waals surface area contributed by atoms with Crippen LogP contribution < -0.4 is 0 Å². The largest absolute Gasteiger partial charge is 0.504 e. The van der Waals surface area contributed by atoms with Crippen LogP contribution in [0.2, 0.25) is 0 Å². The minimum absolute atomic E-state index is 0.0180. The first-order chi connectivity index (χ1) is 21.7. The fourth-order valence-electron chi connectivity index (χ4n) is 12.0. The van der Waals surface area contributed by atoms with Gasteiger partial charge in [0, 0.05) is 11.3 Å². The van der Waals surface area contributed by atoms with Crippen molar-refractivity contribution in [1.82, 2.24) is 0 Å². The minimum Gasteiger partial charge on any atom is -0.504 e. The molecule has 0 saturated heterocycles. The Morgan fingerprint density at radius 1 is 0.851 bits per heavy atom. The highest BCUT2D eigenvalue weighted by Gasteiger charge is 2.72. The Morgan fingerprint density at radius 2 is 1.47 bits per heavy atom. The van der Waals surface area contributed by atoms with Crippen LogP contribution in [0.1, 0.15) is 103 Å². The molecule has 2 unspecified atom stereocenters. The molecule has 10 heteroatoms. The number of rotatable bonds is 4. The van der Waals surface area contributed by atoms with E-state index in [0.717, 1.165) is 25.0 Å². The first-order valence-electron chi connectivity index (χ1n) is 17.1. The zero-order chi connectivity index (χ0) is 34.7. The lowest BCUT2D eigenvalue weighted by Crippen LogP contribution is -2.71. The van der Waals surface area contributed by atoms with Gasteiger partial charge >= 0.3 is 11.9 Å². The van der Waals surface area contributed by atoms with E-state index in [4.69, 9.17) is 4.74 Å². The molecule has 10 nitrogen and oxygen atoms in total. The van der Waals surface area contributed by atoms with Crippen LogP contribution in [0.5, 0.6) is 17.2 Å². The molecule has 7 N–H and O–H groups in total. The number of carboxylic acid groups (broad SMARTS) is 1. The highest BCUT2D eigenvalue weighted by atomic mass is 16.5. The predicted molar refractivity (Wildman–Crippen MR) is 172 cm³/mol. The number of carbonyl (C=O) groups excluding carboxylic acids is 1. The summed E-state index contributed by atoms with van der Waals surface area (Å²) in [4.78, 5) is 26.0. The summed E-state index contributed by atoms with van der Waals surface area (Å²) in [6.45, 7) is 12.4. The van der Waals surface area contributed by atoms with Crippen LogP contribution in [0.25, 0.3) is 0 Å². The monoisotopic (exact) mass is 656 g/mol. The number of phenols is 3. The molecule has 47 heavy (non-hydrogen) atoms. The van der Waals surface area contributed by atoms with Gasteiger partial charge in [0.15, 0.2) is 17.2 Å². The summed E-state index contributed by atoms with van der Waals surface area (Å²) < 4.78 is 5.67. The Morgan fingerprint density at radius 3 is 2.09 bits per heavy atom. The Bertz CT molecular complexity index is 1490. The molecule has 260 valence electrons. The standard InChI is InChI=1S/C37H52O10/c1-32(2)9-11-37(31(45)46)12-10-35(5)20(21(37)15-32)7-8-26-33(3)16-25(41)29(43)34(4,28(33)24(40)17-36(26,35)6)18-47-30(44)19-13-22(38)27(42)23(39)14-19/h7,13-14,21,24-26,28-29,38-43H,8-12,15-18H2,1-6H3,(H,45,46)/t21?,24-,25-,26-,28?,29+,33-,34+,35-,36-,37+/m1/s1. The molecular formula is C37H52O10. The van der Waals surface area contributed by atoms with Crippen LogP contribution in [0, 0.1) is 50.2 Å². The van der Waals surface area contributed by atoms with E-state index in [-0.39, 0.29) is 41.3 Å². The lowest BCUT2D eigenvalue weighted by Gasteiger charge is -2.72. The molecule has 0 radical (unpaired) electrons. The maximum atomic E-state index is 13.1. The number of phenolic OH excluding ortho intramolecular Hbond substituents is 3. The van der Waals surface area contributed by atoms with Crippen molar-refractivity contribution in [1.29, 1.82) is 0 Å². The van der Waals surface area contributed by atoms with Crippen LogP contribution in [0.3, 0.4) is 0 Å². The van der Waals surface area contributed by atoms with Crippen LogP contribution in [-0.4, -0.2) is 72.6 Å². The highest BCUT2D eigenvalue weighted by Crippen LogP contribution is 2.75. The molecule has 0 aromatic heterocycles. The first kappa shape index (κ1) is 34.1. The molecular weight excluding hydrogens is 604 g/mol. The fourth-order valence-corrected chi connectivity index (χ4v) is 12.0. The van der Waals surface area contributed by atoms with E-state index < -0.39 is 75.1 Å². The van der Waals surface area contributed by atoms with Crippen molar-refractivity contribution in [3.63, 3.8) is 0 Å². The van der Waals surface area contributed by atoms with Crippen LogP contribution in [-0.2, 0) is 9.53 Å². The number of esters is 1. The number of hydrogen-bond donors (Lipinski definition) is 7. The van der Waals surface area contributed by atoms with E-state index in [0.29, 0.717) is 32.1 Å². The molecule has 0 amide bonds. The fraction of sp³-hybridized carbons (Fsp3) is 0.730. The van der Waals surface area contributed by atoms with E-state index in [1.165, 1.54) is 5.57 Å². The van der Waals surface area contributed by atoms with E-state index in [2.05, 4.69) is 40.7 Å². The van der Waals surface area contributed by atoms with Gasteiger partial charge < -0.3 is 40.5 Å². The van der Waals surface area contributed by atoms with Crippen LogP contribution in [0.4, 0.5) is 0 Å². The van der Waals surface area contributed by atoms with Crippen molar-refractivity contribution in [3.05, 3.63) is 29.3 Å². The number of aliphatic carboxylic acids is 1. The van der Waals surface area contributed by atoms with E-state index >= 15 is 0 Å². The summed E-state index contributed by atoms with van der Waals surface area (Å²) in [6, 6.07) is 1.94. The molecule has 1 aromatic rings. The Hall–Kier alpha value is -2.82. The lowest BCUT2D eigenvalue weighted by atomic mass is 9.33. The molecule has 11 atom stereocenters. The summed E-state index contributed by atoms with van der Waals surface area (Å²) >= 11 is 0. The third-order valence-corrected chi connectivity index (χ3v) is 14.5. The van der Waals surface area contributed by atoms with E-state index in [1.807, 2.05) is 0 Å². The number of allylic oxidation sites excluding steroid dienone is 2. The maximum Gasteiger partial charge on any atom is 0.338 e. The molecule has 1 aromatic carbocycles. The van der Waals surface area contributed by atoms with Gasteiger partial charge in [-0.05, 0) is 97.0 Å². The quantitative estimate of drug-likeness (QED) is 0.130. The van der Waals surface area contributed by atoms with E-state index in [9.17, 15) is 45.3 Å². The van der Waals surface area contributed by atoms with Gasteiger partial charge in [-0.2, -0.15) is 0 Å². The molecule has 4 saturated carbocycles. The number of carboxylic acids is 1. The molecule has 0 heterocycles. The van der Waals surface area contributed by atoms with E-state index in [1.54, 1.807) is 6.92 Å². The third-order valence-electron chi connectivity index (χ3n) is 14.5. The summed E-state index contributed by atoms with van der Waals surface area (Å²) in [5, 5.41) is 75.3. The van der Waals surface area contributed by atoms with Crippen molar-refractivity contribution in [2.24, 2.45) is 50.2 Å². The first-order valence-corrected chi connectivity index (χ1v) is 17.1. The zero-order valence-corrected chi connectivity index (χ0v) is 28.4. The van der Waals surface area contributed by atoms with Gasteiger partial charge in [0.25, 0.3) is 0 Å². The Balaban J connectivity index is 1.37. The zero-order valence-electron chi connectivity index (χ0n) is 28.4. The normalized spacial score (nSPS) is 45.3. The third kappa shape index (κ3) is 4.60. The molecule has 0 spiro atoms. The number of carbonyl (C=O) groups is 2. The smallest absolute Gasteiger partial charge is 0.338 e. The summed E-state index contributed by atoms with van der Waals surface area (Å²) in [5.41, 5.74) is -2.52. The predicted octanol–water partition coefficient (Wildman–Crippen LogP) is 5.13. The minimum atomic E-state index is -1.31. The number of aliphatic hydroxyl groups is 3. The average Bonchev–Trinajstić information content (AvgIpc) is 2.97.